The minimum absolute atomic E-state index is 0.0660. The van der Waals surface area contributed by atoms with Crippen LogP contribution in [0.5, 0.6) is 17.5 Å². The molecule has 3 aliphatic rings. The topological polar surface area (TPSA) is 201 Å². The van der Waals surface area contributed by atoms with Crippen molar-refractivity contribution in [3.8, 4) is 40.0 Å². The predicted octanol–water partition coefficient (Wildman–Crippen LogP) is 4.47. The number of aromatic hydroxyl groups is 3. The summed E-state index contributed by atoms with van der Waals surface area (Å²) in [4.78, 5) is 55.5. The molecule has 1 saturated heterocycles. The molecule has 1 fully saturated rings. The SMILES string of the molecule is O=C(NCc1ccc(C2NC(C(=O)On3c(O)ccc3O)CS2)cc1)c1ccc(-c2c3ccc(=O)cc-3oc3cc(O)ccc23)c(C(=O)O)c1. The number of nitrogens with one attached hydrogen (secondary N) is 2. The highest BCUT2D eigenvalue weighted by atomic mass is 32.2. The lowest BCUT2D eigenvalue weighted by Gasteiger charge is -2.17. The smallest absolute Gasteiger partial charge is 0.350 e. The van der Waals surface area contributed by atoms with Crippen LogP contribution in [0.15, 0.2) is 100 Å². The van der Waals surface area contributed by atoms with E-state index in [9.17, 15) is 39.6 Å². The van der Waals surface area contributed by atoms with Crippen molar-refractivity contribution in [2.24, 2.45) is 0 Å². The summed E-state index contributed by atoms with van der Waals surface area (Å²) in [5, 5.41) is 46.0. The van der Waals surface area contributed by atoms with E-state index in [1.165, 1.54) is 60.3 Å². The number of amides is 1. The van der Waals surface area contributed by atoms with E-state index >= 15 is 0 Å². The number of aromatic carboxylic acids is 1. The van der Waals surface area contributed by atoms with E-state index in [1.54, 1.807) is 18.2 Å². The fourth-order valence-corrected chi connectivity index (χ4v) is 7.00. The third kappa shape index (κ3) is 6.20. The molecule has 2 atom stereocenters. The van der Waals surface area contributed by atoms with E-state index < -0.39 is 35.6 Å². The number of fused-ring (bicyclic) bond motifs is 2. The van der Waals surface area contributed by atoms with Gasteiger partial charge in [-0.15, -0.1) is 16.5 Å². The molecule has 2 aliphatic heterocycles. The van der Waals surface area contributed by atoms with Crippen LogP contribution in [0.1, 0.15) is 37.2 Å². The Morgan fingerprint density at radius 1 is 0.900 bits per heavy atom. The number of carbonyl (C=O) groups is 3. The fourth-order valence-electron chi connectivity index (χ4n) is 5.77. The molecule has 1 aromatic heterocycles. The summed E-state index contributed by atoms with van der Waals surface area (Å²) in [6.45, 7) is 0.157. The van der Waals surface area contributed by atoms with Crippen molar-refractivity contribution in [1.29, 1.82) is 0 Å². The molecule has 3 aromatic carbocycles. The number of rotatable bonds is 8. The quantitative estimate of drug-likeness (QED) is 0.122. The zero-order chi connectivity index (χ0) is 35.1. The zero-order valence-electron chi connectivity index (χ0n) is 25.8. The van der Waals surface area contributed by atoms with Crippen molar-refractivity contribution in [1.82, 2.24) is 15.4 Å². The van der Waals surface area contributed by atoms with E-state index in [0.29, 0.717) is 32.6 Å². The molecule has 14 heteroatoms. The number of carboxylic acid groups (broad SMARTS) is 1. The highest BCUT2D eigenvalue weighted by Gasteiger charge is 2.33. The second-order valence-corrected chi connectivity index (χ2v) is 12.6. The lowest BCUT2D eigenvalue weighted by molar-refractivity contribution is -0.147. The third-order valence-electron chi connectivity index (χ3n) is 8.24. The van der Waals surface area contributed by atoms with Crippen LogP contribution in [0.25, 0.3) is 33.4 Å². The summed E-state index contributed by atoms with van der Waals surface area (Å²) in [5.74, 6) is -2.68. The molecule has 0 bridgehead atoms. The highest BCUT2D eigenvalue weighted by Crippen LogP contribution is 2.42. The second-order valence-electron chi connectivity index (χ2n) is 11.5. The van der Waals surface area contributed by atoms with Crippen molar-refractivity contribution in [3.63, 3.8) is 0 Å². The number of aromatic nitrogens is 1. The number of phenols is 1. The first-order valence-corrected chi connectivity index (χ1v) is 16.2. The number of phenolic OH excluding ortho intramolecular Hbond substituents is 1. The average molecular weight is 694 g/mol. The molecule has 13 nitrogen and oxygen atoms in total. The highest BCUT2D eigenvalue weighted by molar-refractivity contribution is 7.99. The van der Waals surface area contributed by atoms with E-state index in [2.05, 4.69) is 10.6 Å². The standard InChI is InChI=1S/C36H27N3O10S/c40-21-6-9-24-28(14-21)48-29-15-22(41)7-10-25(29)32(24)23-8-5-20(13-26(23)35(45)46)33(44)37-16-18-1-3-19(4-2-18)34-38-27(17-50-34)36(47)49-39-30(42)11-12-31(39)43/h1-15,27,34,38,40,42-43H,16-17H2,(H,37,44)(H,45,46). The Hall–Kier alpha value is -6.25. The minimum atomic E-state index is -1.26. The maximum absolute atomic E-state index is 13.2. The van der Waals surface area contributed by atoms with Gasteiger partial charge in [0.15, 0.2) is 5.43 Å². The number of thioether (sulfide) groups is 1. The van der Waals surface area contributed by atoms with Gasteiger partial charge in [-0.1, -0.05) is 30.3 Å². The Bertz CT molecular complexity index is 2310. The lowest BCUT2D eigenvalue weighted by atomic mass is 9.90. The van der Waals surface area contributed by atoms with Gasteiger partial charge in [0.25, 0.3) is 5.91 Å². The first kappa shape index (κ1) is 32.3. The molecule has 0 saturated carbocycles. The summed E-state index contributed by atoms with van der Waals surface area (Å²) in [6.07, 6.45) is 0. The van der Waals surface area contributed by atoms with Gasteiger partial charge in [0, 0.05) is 58.6 Å². The Labute approximate surface area is 286 Å². The molecule has 4 aromatic rings. The van der Waals surface area contributed by atoms with E-state index in [0.717, 1.165) is 11.1 Å². The van der Waals surface area contributed by atoms with Crippen molar-refractivity contribution in [3.05, 3.63) is 123 Å². The molecule has 1 amide bonds. The van der Waals surface area contributed by atoms with Gasteiger partial charge in [0.05, 0.1) is 10.9 Å². The molecule has 1 aliphatic carbocycles. The molecule has 0 spiro atoms. The summed E-state index contributed by atoms with van der Waals surface area (Å²) < 4.78 is 6.51. The summed E-state index contributed by atoms with van der Waals surface area (Å²) in [7, 11) is 0. The average Bonchev–Trinajstić information content (AvgIpc) is 3.72. The van der Waals surface area contributed by atoms with Gasteiger partial charge in [-0.05, 0) is 53.1 Å². The summed E-state index contributed by atoms with van der Waals surface area (Å²) >= 11 is 1.49. The van der Waals surface area contributed by atoms with Gasteiger partial charge in [-0.2, -0.15) is 0 Å². The molecule has 6 N–H and O–H groups in total. The largest absolute Gasteiger partial charge is 0.508 e. The van der Waals surface area contributed by atoms with E-state index in [-0.39, 0.29) is 45.6 Å². The number of carboxylic acids is 1. The first-order valence-electron chi connectivity index (χ1n) is 15.2. The Kier molecular flexibility index (Phi) is 8.39. The summed E-state index contributed by atoms with van der Waals surface area (Å²) in [5.41, 5.74) is 2.87. The van der Waals surface area contributed by atoms with Crippen molar-refractivity contribution >= 4 is 40.6 Å². The lowest BCUT2D eigenvalue weighted by Crippen LogP contribution is -2.39. The van der Waals surface area contributed by atoms with Crippen LogP contribution in [0.3, 0.4) is 0 Å². The number of nitrogens with zero attached hydrogens (tertiary/aromatic N) is 1. The molecule has 7 rings (SSSR count). The van der Waals surface area contributed by atoms with Crippen LogP contribution in [0.4, 0.5) is 0 Å². The van der Waals surface area contributed by atoms with E-state index in [1.807, 2.05) is 24.3 Å². The summed E-state index contributed by atoms with van der Waals surface area (Å²) in [6, 6.07) is 22.1. The van der Waals surface area contributed by atoms with Gasteiger partial charge in [-0.3, -0.25) is 14.9 Å². The van der Waals surface area contributed by atoms with Gasteiger partial charge in [0.2, 0.25) is 11.8 Å². The van der Waals surface area contributed by atoms with Crippen LogP contribution in [-0.4, -0.2) is 54.8 Å². The van der Waals surface area contributed by atoms with Crippen molar-refractivity contribution in [2.45, 2.75) is 18.0 Å². The van der Waals surface area contributed by atoms with Crippen LogP contribution in [0, 0.1) is 0 Å². The van der Waals surface area contributed by atoms with Gasteiger partial charge in [0.1, 0.15) is 23.1 Å². The Balaban J connectivity index is 1.05. The van der Waals surface area contributed by atoms with Crippen molar-refractivity contribution < 1.29 is 44.1 Å². The fraction of sp³-hybridized carbons (Fsp3) is 0.111. The molecule has 2 unspecified atom stereocenters. The van der Waals surface area contributed by atoms with Gasteiger partial charge in [-0.25, -0.2) is 9.59 Å². The number of hydrogen-bond acceptors (Lipinski definition) is 11. The molecule has 0 radical (unpaired) electrons. The monoisotopic (exact) mass is 693 g/mol. The molecular formula is C36H27N3O10S. The molecule has 3 heterocycles. The zero-order valence-corrected chi connectivity index (χ0v) is 26.6. The number of carbonyl (C=O) groups excluding carboxylic acids is 2. The Morgan fingerprint density at radius 3 is 2.38 bits per heavy atom. The maximum Gasteiger partial charge on any atom is 0.350 e. The number of hydrogen-bond donors (Lipinski definition) is 6. The third-order valence-corrected chi connectivity index (χ3v) is 9.51. The Morgan fingerprint density at radius 2 is 1.64 bits per heavy atom. The maximum atomic E-state index is 13.2. The molecule has 50 heavy (non-hydrogen) atoms. The molecular weight excluding hydrogens is 666 g/mol. The van der Waals surface area contributed by atoms with Crippen LogP contribution >= 0.6 is 11.8 Å². The van der Waals surface area contributed by atoms with Gasteiger partial charge < -0.3 is 35.0 Å². The second kappa shape index (κ2) is 13.0. The first-order chi connectivity index (χ1) is 24.0. The van der Waals surface area contributed by atoms with Crippen LogP contribution in [0.2, 0.25) is 0 Å². The van der Waals surface area contributed by atoms with Crippen LogP contribution in [-0.2, 0) is 11.3 Å². The van der Waals surface area contributed by atoms with E-state index in [4.69, 9.17) is 9.25 Å². The normalized spacial score (nSPS) is 15.7. The van der Waals surface area contributed by atoms with Crippen molar-refractivity contribution in [2.75, 3.05) is 5.75 Å². The number of benzene rings is 4. The molecule has 252 valence electrons. The van der Waals surface area contributed by atoms with Crippen LogP contribution < -0.4 is 20.9 Å². The predicted molar refractivity (Wildman–Crippen MR) is 182 cm³/mol. The van der Waals surface area contributed by atoms with Gasteiger partial charge >= 0.3 is 11.9 Å². The minimum Gasteiger partial charge on any atom is -0.508 e.